The van der Waals surface area contributed by atoms with Crippen molar-refractivity contribution in [1.29, 1.82) is 0 Å². The molecule has 0 aliphatic carbocycles. The molecular weight excluding hydrogens is 162 g/mol. The van der Waals surface area contributed by atoms with Crippen molar-refractivity contribution in [1.82, 2.24) is 9.55 Å². The lowest BCUT2D eigenvalue weighted by molar-refractivity contribution is 0.486. The molecule has 13 heavy (non-hydrogen) atoms. The van der Waals surface area contributed by atoms with Crippen LogP contribution in [-0.4, -0.2) is 15.6 Å². The predicted octanol–water partition coefficient (Wildman–Crippen LogP) is 1.34. The Morgan fingerprint density at radius 3 is 2.69 bits per heavy atom. The Kier molecular flexibility index (Phi) is 3.48. The predicted molar refractivity (Wildman–Crippen MR) is 54.3 cm³/mol. The number of nitrogens with two attached hydrogens (primary N) is 1. The second-order valence-corrected chi connectivity index (χ2v) is 4.09. The van der Waals surface area contributed by atoms with Crippen molar-refractivity contribution in [2.45, 2.75) is 32.7 Å². The van der Waals surface area contributed by atoms with Crippen molar-refractivity contribution < 1.29 is 0 Å². The third kappa shape index (κ3) is 3.19. The van der Waals surface area contributed by atoms with E-state index in [2.05, 4.69) is 18.8 Å². The molecule has 0 saturated heterocycles. The molecule has 0 spiro atoms. The Hall–Kier alpha value is -0.830. The summed E-state index contributed by atoms with van der Waals surface area (Å²) in [6.07, 6.45) is 5.71. The van der Waals surface area contributed by atoms with Gasteiger partial charge in [-0.25, -0.2) is 4.98 Å². The minimum atomic E-state index is 0.260. The van der Waals surface area contributed by atoms with Crippen LogP contribution in [0.25, 0.3) is 0 Å². The molecule has 0 bridgehead atoms. The van der Waals surface area contributed by atoms with Crippen LogP contribution in [0.15, 0.2) is 12.5 Å². The highest BCUT2D eigenvalue weighted by Gasteiger charge is 2.08. The second-order valence-electron chi connectivity index (χ2n) is 4.09. The first kappa shape index (κ1) is 10.3. The van der Waals surface area contributed by atoms with Crippen LogP contribution < -0.4 is 5.73 Å². The van der Waals surface area contributed by atoms with E-state index in [0.29, 0.717) is 5.92 Å². The van der Waals surface area contributed by atoms with Gasteiger partial charge < -0.3 is 10.3 Å². The van der Waals surface area contributed by atoms with E-state index in [1.807, 2.05) is 24.1 Å². The highest BCUT2D eigenvalue weighted by molar-refractivity contribution is 4.99. The lowest BCUT2D eigenvalue weighted by Crippen LogP contribution is -2.25. The number of hydrogen-bond acceptors (Lipinski definition) is 2. The van der Waals surface area contributed by atoms with Gasteiger partial charge in [-0.3, -0.25) is 0 Å². The van der Waals surface area contributed by atoms with Gasteiger partial charge in [0.15, 0.2) is 0 Å². The van der Waals surface area contributed by atoms with Crippen molar-refractivity contribution in [3.05, 3.63) is 18.2 Å². The summed E-state index contributed by atoms with van der Waals surface area (Å²) in [6, 6.07) is 0.260. The maximum absolute atomic E-state index is 5.99. The van der Waals surface area contributed by atoms with Gasteiger partial charge in [0.05, 0.1) is 6.33 Å². The molecular formula is C10H19N3. The van der Waals surface area contributed by atoms with E-state index in [9.17, 15) is 0 Å². The van der Waals surface area contributed by atoms with E-state index in [4.69, 9.17) is 5.73 Å². The van der Waals surface area contributed by atoms with Crippen LogP contribution in [0.3, 0.4) is 0 Å². The monoisotopic (exact) mass is 181 g/mol. The topological polar surface area (TPSA) is 43.8 Å². The lowest BCUT2D eigenvalue weighted by Gasteiger charge is -2.13. The summed E-state index contributed by atoms with van der Waals surface area (Å²) in [7, 11) is 2.00. The zero-order valence-electron chi connectivity index (χ0n) is 8.70. The summed E-state index contributed by atoms with van der Waals surface area (Å²) in [5.41, 5.74) is 7.21. The van der Waals surface area contributed by atoms with E-state index < -0.39 is 0 Å². The quantitative estimate of drug-likeness (QED) is 0.761. The maximum Gasteiger partial charge on any atom is 0.0945 e. The highest BCUT2D eigenvalue weighted by Crippen LogP contribution is 2.08. The molecule has 0 fully saturated rings. The fourth-order valence-electron chi connectivity index (χ4n) is 1.54. The van der Waals surface area contributed by atoms with Gasteiger partial charge in [-0.2, -0.15) is 0 Å². The molecule has 0 aliphatic heterocycles. The number of hydrogen-bond donors (Lipinski definition) is 1. The summed E-state index contributed by atoms with van der Waals surface area (Å²) >= 11 is 0. The molecule has 0 aromatic carbocycles. The Balaban J connectivity index is 2.45. The van der Waals surface area contributed by atoms with Crippen molar-refractivity contribution in [2.75, 3.05) is 0 Å². The molecule has 1 aromatic rings. The molecule has 0 amide bonds. The Bertz CT molecular complexity index is 252. The standard InChI is InChI=1S/C10H19N3/c1-8(2)4-9(11)5-10-6-12-7-13(10)3/h6-9H,4-5,11H2,1-3H3. The SMILES string of the molecule is CC(C)CC(N)Cc1cncn1C. The van der Waals surface area contributed by atoms with Gasteiger partial charge in [0, 0.05) is 31.4 Å². The first-order valence-corrected chi connectivity index (χ1v) is 4.80. The zero-order chi connectivity index (χ0) is 9.84. The van der Waals surface area contributed by atoms with Crippen LogP contribution in [0.2, 0.25) is 0 Å². The molecule has 1 rings (SSSR count). The first-order chi connectivity index (χ1) is 6.09. The molecule has 1 heterocycles. The number of nitrogens with zero attached hydrogens (tertiary/aromatic N) is 2. The van der Waals surface area contributed by atoms with Gasteiger partial charge >= 0.3 is 0 Å². The van der Waals surface area contributed by atoms with Gasteiger partial charge in [-0.15, -0.1) is 0 Å². The van der Waals surface area contributed by atoms with Gasteiger partial charge in [0.1, 0.15) is 0 Å². The summed E-state index contributed by atoms with van der Waals surface area (Å²) in [5.74, 6) is 0.670. The normalized spacial score (nSPS) is 13.6. The Labute approximate surface area is 80.0 Å². The molecule has 0 saturated carbocycles. The van der Waals surface area contributed by atoms with E-state index in [-0.39, 0.29) is 6.04 Å². The zero-order valence-corrected chi connectivity index (χ0v) is 8.70. The van der Waals surface area contributed by atoms with Gasteiger partial charge in [-0.05, 0) is 12.3 Å². The summed E-state index contributed by atoms with van der Waals surface area (Å²) in [6.45, 7) is 4.40. The van der Waals surface area contributed by atoms with E-state index in [1.165, 1.54) is 5.69 Å². The highest BCUT2D eigenvalue weighted by atomic mass is 15.0. The number of imidazole rings is 1. The van der Waals surface area contributed by atoms with E-state index in [1.54, 1.807) is 0 Å². The van der Waals surface area contributed by atoms with Crippen LogP contribution in [0, 0.1) is 5.92 Å². The molecule has 3 heteroatoms. The Morgan fingerprint density at radius 1 is 1.54 bits per heavy atom. The molecule has 1 atom stereocenters. The van der Waals surface area contributed by atoms with E-state index in [0.717, 1.165) is 12.8 Å². The Morgan fingerprint density at radius 2 is 2.23 bits per heavy atom. The van der Waals surface area contributed by atoms with Crippen molar-refractivity contribution in [3.63, 3.8) is 0 Å². The number of aromatic nitrogens is 2. The largest absolute Gasteiger partial charge is 0.338 e. The molecule has 3 nitrogen and oxygen atoms in total. The molecule has 2 N–H and O–H groups in total. The first-order valence-electron chi connectivity index (χ1n) is 4.80. The minimum absolute atomic E-state index is 0.260. The van der Waals surface area contributed by atoms with Crippen LogP contribution in [0.4, 0.5) is 0 Å². The van der Waals surface area contributed by atoms with Crippen LogP contribution in [-0.2, 0) is 13.5 Å². The molecule has 1 unspecified atom stereocenters. The van der Waals surface area contributed by atoms with Crippen molar-refractivity contribution >= 4 is 0 Å². The van der Waals surface area contributed by atoms with Crippen LogP contribution in [0.5, 0.6) is 0 Å². The lowest BCUT2D eigenvalue weighted by atomic mass is 10.0. The van der Waals surface area contributed by atoms with Gasteiger partial charge in [0.25, 0.3) is 0 Å². The van der Waals surface area contributed by atoms with Crippen molar-refractivity contribution in [2.24, 2.45) is 18.7 Å². The average molecular weight is 181 g/mol. The summed E-state index contributed by atoms with van der Waals surface area (Å²) < 4.78 is 2.03. The fraction of sp³-hybridized carbons (Fsp3) is 0.700. The average Bonchev–Trinajstić information content (AvgIpc) is 2.34. The molecule has 74 valence electrons. The third-order valence-corrected chi connectivity index (χ3v) is 2.16. The van der Waals surface area contributed by atoms with Crippen LogP contribution in [0.1, 0.15) is 26.0 Å². The molecule has 1 aromatic heterocycles. The molecule has 0 radical (unpaired) electrons. The maximum atomic E-state index is 5.99. The minimum Gasteiger partial charge on any atom is -0.338 e. The smallest absolute Gasteiger partial charge is 0.0945 e. The summed E-state index contributed by atoms with van der Waals surface area (Å²) in [5, 5.41) is 0. The summed E-state index contributed by atoms with van der Waals surface area (Å²) in [4.78, 5) is 4.06. The number of aryl methyl sites for hydroxylation is 1. The second kappa shape index (κ2) is 4.42. The van der Waals surface area contributed by atoms with Gasteiger partial charge in [-0.1, -0.05) is 13.8 Å². The van der Waals surface area contributed by atoms with E-state index >= 15 is 0 Å². The van der Waals surface area contributed by atoms with Gasteiger partial charge in [0.2, 0.25) is 0 Å². The van der Waals surface area contributed by atoms with Crippen molar-refractivity contribution in [3.8, 4) is 0 Å². The van der Waals surface area contributed by atoms with Crippen LogP contribution >= 0.6 is 0 Å². The fourth-order valence-corrected chi connectivity index (χ4v) is 1.54. The number of rotatable bonds is 4. The third-order valence-electron chi connectivity index (χ3n) is 2.16. The molecule has 0 aliphatic rings.